The van der Waals surface area contributed by atoms with Crippen molar-refractivity contribution in [3.63, 3.8) is 0 Å². The Balaban J connectivity index is 1.76. The molecule has 2 unspecified atom stereocenters. The van der Waals surface area contributed by atoms with Gasteiger partial charge in [-0.15, -0.1) is 0 Å². The third-order valence-electron chi connectivity index (χ3n) is 7.71. The molecule has 9 nitrogen and oxygen atoms in total. The molecule has 3 bridgehead atoms. The summed E-state index contributed by atoms with van der Waals surface area (Å²) in [6.07, 6.45) is 5.73. The van der Waals surface area contributed by atoms with Crippen LogP contribution in [-0.4, -0.2) is 45.9 Å². The minimum atomic E-state index is -1.23. The molecule has 3 aliphatic heterocycles. The van der Waals surface area contributed by atoms with Crippen molar-refractivity contribution >= 4 is 23.3 Å². The van der Waals surface area contributed by atoms with E-state index in [1.54, 1.807) is 26.0 Å². The number of ether oxygens (including phenoxy) is 3. The highest BCUT2D eigenvalue weighted by Gasteiger charge is 2.52. The minimum Gasteiger partial charge on any atom is -0.508 e. The first-order valence-corrected chi connectivity index (χ1v) is 13.9. The molecular formula is C31H39NO8. The van der Waals surface area contributed by atoms with Crippen molar-refractivity contribution in [2.24, 2.45) is 11.8 Å². The molecule has 3 N–H and O–H groups in total. The number of fused-ring (bicyclic) bond motifs is 2. The zero-order valence-corrected chi connectivity index (χ0v) is 23.7. The van der Waals surface area contributed by atoms with Crippen molar-refractivity contribution in [1.82, 2.24) is 0 Å². The normalized spacial score (nSPS) is 31.9. The van der Waals surface area contributed by atoms with Gasteiger partial charge in [0.15, 0.2) is 5.75 Å². The number of anilines is 1. The number of hydrogen-bond donors (Lipinski definition) is 3. The molecule has 216 valence electrons. The highest BCUT2D eigenvalue weighted by Crippen LogP contribution is 2.53. The molecule has 4 rings (SSSR count). The maximum atomic E-state index is 13.1. The van der Waals surface area contributed by atoms with Crippen molar-refractivity contribution in [2.75, 3.05) is 5.32 Å². The Bertz CT molecular complexity index is 1260. The quantitative estimate of drug-likeness (QED) is 0.351. The first-order valence-electron chi connectivity index (χ1n) is 13.9. The lowest BCUT2D eigenvalue weighted by molar-refractivity contribution is -0.261. The van der Waals surface area contributed by atoms with Crippen LogP contribution in [0.25, 0.3) is 0 Å². The molecule has 1 spiro atoms. The minimum absolute atomic E-state index is 0.00254. The van der Waals surface area contributed by atoms with Crippen LogP contribution in [0.4, 0.5) is 5.69 Å². The second-order valence-corrected chi connectivity index (χ2v) is 11.2. The van der Waals surface area contributed by atoms with E-state index in [2.05, 4.69) is 5.32 Å². The fourth-order valence-electron chi connectivity index (χ4n) is 5.32. The van der Waals surface area contributed by atoms with Gasteiger partial charge in [0.25, 0.3) is 0 Å². The summed E-state index contributed by atoms with van der Waals surface area (Å²) < 4.78 is 18.5. The Labute approximate surface area is 234 Å². The number of allylic oxidation sites excluding steroid dienone is 2. The predicted octanol–water partition coefficient (Wildman–Crippen LogP) is 5.04. The molecule has 1 amide bonds. The van der Waals surface area contributed by atoms with Crippen molar-refractivity contribution in [1.29, 1.82) is 0 Å². The highest BCUT2D eigenvalue weighted by atomic mass is 16.7. The Hall–Kier alpha value is -3.43. The summed E-state index contributed by atoms with van der Waals surface area (Å²) in [4.78, 5) is 38.8. The van der Waals surface area contributed by atoms with E-state index >= 15 is 0 Å². The number of amides is 1. The van der Waals surface area contributed by atoms with Gasteiger partial charge in [0, 0.05) is 36.0 Å². The van der Waals surface area contributed by atoms with Crippen molar-refractivity contribution in [2.45, 2.75) is 90.8 Å². The number of phenolic OH excluding ortho intramolecular Hbond substituents is 1. The van der Waals surface area contributed by atoms with Crippen molar-refractivity contribution in [3.8, 4) is 11.5 Å². The average Bonchev–Trinajstić information content (AvgIpc) is 2.89. The molecule has 40 heavy (non-hydrogen) atoms. The average molecular weight is 554 g/mol. The number of carbonyl (C=O) groups excluding carboxylic acids is 3. The van der Waals surface area contributed by atoms with Crippen LogP contribution in [0, 0.1) is 11.8 Å². The molecule has 9 heteroatoms. The Morgan fingerprint density at radius 2 is 1.98 bits per heavy atom. The molecule has 1 saturated heterocycles. The molecular weight excluding hydrogens is 514 g/mol. The van der Waals surface area contributed by atoms with E-state index in [1.807, 2.05) is 26.8 Å². The highest BCUT2D eigenvalue weighted by molar-refractivity contribution is 5.96. The van der Waals surface area contributed by atoms with Gasteiger partial charge in [-0.2, -0.15) is 0 Å². The number of phenols is 1. The van der Waals surface area contributed by atoms with Gasteiger partial charge in [-0.25, -0.2) is 4.79 Å². The Morgan fingerprint density at radius 3 is 2.67 bits per heavy atom. The van der Waals surface area contributed by atoms with Crippen LogP contribution in [0.1, 0.15) is 78.4 Å². The molecule has 3 heterocycles. The van der Waals surface area contributed by atoms with E-state index in [0.717, 1.165) is 12.0 Å². The van der Waals surface area contributed by atoms with Crippen molar-refractivity contribution < 1.29 is 38.8 Å². The zero-order valence-electron chi connectivity index (χ0n) is 23.7. The molecule has 0 aliphatic carbocycles. The molecule has 1 fully saturated rings. The lowest BCUT2D eigenvalue weighted by Gasteiger charge is -2.48. The van der Waals surface area contributed by atoms with Gasteiger partial charge in [0.05, 0.1) is 12.1 Å². The second kappa shape index (κ2) is 12.0. The van der Waals surface area contributed by atoms with Crippen LogP contribution < -0.4 is 10.1 Å². The number of aliphatic hydroxyl groups is 1. The smallest absolute Gasteiger partial charge is 0.334 e. The molecule has 0 saturated carbocycles. The van der Waals surface area contributed by atoms with Crippen LogP contribution in [0.5, 0.6) is 11.5 Å². The van der Waals surface area contributed by atoms with E-state index < -0.39 is 41.9 Å². The number of aromatic hydroxyl groups is 1. The topological polar surface area (TPSA) is 131 Å². The van der Waals surface area contributed by atoms with E-state index in [1.165, 1.54) is 18.2 Å². The van der Waals surface area contributed by atoms with Gasteiger partial charge in [0.1, 0.15) is 29.8 Å². The van der Waals surface area contributed by atoms with Crippen LogP contribution in [0.15, 0.2) is 47.6 Å². The van der Waals surface area contributed by atoms with Crippen LogP contribution in [-0.2, 0) is 23.9 Å². The van der Waals surface area contributed by atoms with Crippen LogP contribution in [0.2, 0.25) is 0 Å². The van der Waals surface area contributed by atoms with E-state index in [9.17, 15) is 24.6 Å². The van der Waals surface area contributed by atoms with E-state index in [0.29, 0.717) is 24.2 Å². The molecule has 6 atom stereocenters. The number of Topliss-reactive ketones (excluding diaryl/α,β-unsaturated/α-hetero) is 1. The van der Waals surface area contributed by atoms with Gasteiger partial charge in [-0.05, 0) is 51.7 Å². The zero-order chi connectivity index (χ0) is 29.2. The van der Waals surface area contributed by atoms with Crippen LogP contribution >= 0.6 is 0 Å². The van der Waals surface area contributed by atoms with Crippen molar-refractivity contribution in [3.05, 3.63) is 53.1 Å². The van der Waals surface area contributed by atoms with Gasteiger partial charge >= 0.3 is 5.97 Å². The summed E-state index contributed by atoms with van der Waals surface area (Å²) in [6, 6.07) is 2.91. The number of aliphatic hydroxyl groups excluding tert-OH is 1. The van der Waals surface area contributed by atoms with E-state index in [4.69, 9.17) is 14.2 Å². The standard InChI is InChI=1S/C31H39NO8/c1-6-20-8-9-26(24(34)13-17(2)3)38-30(37)18(4)7-10-27(36)32-23-15-21(33)14-22-28-19(5)25(35)16-31(39-28,12-11-20)40-29(22)23/h7-9,13-15,19-20,24,26,28,33-34H,6,10-12,16H2,1-5H3,(H,32,36)/b9-8+,18-7-/t19-,20+,24+,26+,28?,31?/m1/s1. The van der Waals surface area contributed by atoms with Crippen LogP contribution in [0.3, 0.4) is 0 Å². The summed E-state index contributed by atoms with van der Waals surface area (Å²) in [7, 11) is 0. The third-order valence-corrected chi connectivity index (χ3v) is 7.71. The molecule has 1 aromatic rings. The fourth-order valence-corrected chi connectivity index (χ4v) is 5.32. The number of hydrogen-bond acceptors (Lipinski definition) is 8. The first-order chi connectivity index (χ1) is 18.9. The summed E-state index contributed by atoms with van der Waals surface area (Å²) in [5.74, 6) is -2.46. The number of ketones is 1. The number of cyclic esters (lactones) is 1. The second-order valence-electron chi connectivity index (χ2n) is 11.2. The Kier molecular flexibility index (Phi) is 8.85. The summed E-state index contributed by atoms with van der Waals surface area (Å²) in [6.45, 7) is 9.06. The summed E-state index contributed by atoms with van der Waals surface area (Å²) in [5.41, 5.74) is 1.87. The van der Waals surface area contributed by atoms with Gasteiger partial charge < -0.3 is 29.7 Å². The first kappa shape index (κ1) is 29.6. The number of rotatable bonds is 3. The largest absolute Gasteiger partial charge is 0.508 e. The van der Waals surface area contributed by atoms with Gasteiger partial charge in [0.2, 0.25) is 11.7 Å². The SMILES string of the molecule is CC[C@H]1/C=C/[C@@H]([C@@H](O)C=C(C)C)OC(=O)/C(C)=C\CC(=O)Nc2cc(O)cc3c2OC2(CC1)CC(=O)[C@@H](C)C3O2. The number of carbonyl (C=O) groups is 3. The van der Waals surface area contributed by atoms with E-state index in [-0.39, 0.29) is 41.6 Å². The molecule has 1 aromatic carbocycles. The maximum Gasteiger partial charge on any atom is 0.334 e. The monoisotopic (exact) mass is 553 g/mol. The third kappa shape index (κ3) is 6.47. The lowest BCUT2D eigenvalue weighted by atomic mass is 9.82. The number of esters is 1. The Morgan fingerprint density at radius 1 is 1.23 bits per heavy atom. The molecule has 0 aromatic heterocycles. The molecule has 0 radical (unpaired) electrons. The number of nitrogens with one attached hydrogen (secondary N) is 1. The maximum absolute atomic E-state index is 13.1. The lowest BCUT2D eigenvalue weighted by Crippen LogP contribution is -2.52. The molecule has 3 aliphatic rings. The fraction of sp³-hybridized carbons (Fsp3) is 0.516. The summed E-state index contributed by atoms with van der Waals surface area (Å²) >= 11 is 0. The summed E-state index contributed by atoms with van der Waals surface area (Å²) in [5, 5.41) is 24.0. The number of benzene rings is 1. The predicted molar refractivity (Wildman–Crippen MR) is 149 cm³/mol. The van der Waals surface area contributed by atoms with Gasteiger partial charge in [-0.1, -0.05) is 37.6 Å². The van der Waals surface area contributed by atoms with Gasteiger partial charge in [-0.3, -0.25) is 9.59 Å².